The number of nitrogens with zero attached hydrogens (tertiary/aromatic N) is 2. The molecule has 1 heterocycles. The first kappa shape index (κ1) is 21.8. The van der Waals surface area contributed by atoms with E-state index in [1.54, 1.807) is 14.0 Å². The highest BCUT2D eigenvalue weighted by molar-refractivity contribution is 7.18. The van der Waals surface area contributed by atoms with Crippen molar-refractivity contribution in [3.63, 3.8) is 0 Å². The van der Waals surface area contributed by atoms with E-state index < -0.39 is 6.04 Å². The van der Waals surface area contributed by atoms with Gasteiger partial charge in [0.2, 0.25) is 16.9 Å². The van der Waals surface area contributed by atoms with Crippen molar-refractivity contribution in [1.82, 2.24) is 15.5 Å². The van der Waals surface area contributed by atoms with Crippen molar-refractivity contribution in [3.05, 3.63) is 24.3 Å². The molecule has 0 spiro atoms. The van der Waals surface area contributed by atoms with Crippen LogP contribution in [-0.4, -0.2) is 35.2 Å². The molecule has 0 aliphatic heterocycles. The monoisotopic (exact) mass is 404 g/mol. The molecule has 0 saturated heterocycles. The van der Waals surface area contributed by atoms with Crippen LogP contribution in [0.5, 0.6) is 5.75 Å². The van der Waals surface area contributed by atoms with Crippen LogP contribution in [0.2, 0.25) is 0 Å². The van der Waals surface area contributed by atoms with Gasteiger partial charge in [-0.1, -0.05) is 38.0 Å². The molecule has 152 valence electrons. The average Bonchev–Trinajstić information content (AvgIpc) is 3.17. The van der Waals surface area contributed by atoms with E-state index in [1.807, 2.05) is 31.2 Å². The fourth-order valence-electron chi connectivity index (χ4n) is 2.71. The molecule has 8 heteroatoms. The molecule has 0 fully saturated rings. The van der Waals surface area contributed by atoms with Gasteiger partial charge in [0.25, 0.3) is 0 Å². The maximum atomic E-state index is 12.4. The molecule has 0 aliphatic rings. The summed E-state index contributed by atoms with van der Waals surface area (Å²) in [5.74, 6) is 0.319. The van der Waals surface area contributed by atoms with Crippen molar-refractivity contribution in [3.8, 4) is 16.3 Å². The summed E-state index contributed by atoms with van der Waals surface area (Å²) in [5, 5.41) is 14.8. The number of carbonyl (C=O) groups excluding carboxylic acids is 2. The van der Waals surface area contributed by atoms with Gasteiger partial charge in [-0.05, 0) is 44.0 Å². The molecule has 1 aromatic carbocycles. The normalized spacial score (nSPS) is 12.9. The third kappa shape index (κ3) is 6.02. The van der Waals surface area contributed by atoms with Gasteiger partial charge >= 0.3 is 0 Å². The van der Waals surface area contributed by atoms with Crippen LogP contribution in [-0.2, 0) is 9.59 Å². The third-order valence-electron chi connectivity index (χ3n) is 4.51. The number of unbranched alkanes of at least 4 members (excludes halogenated alkanes) is 1. The van der Waals surface area contributed by atoms with Gasteiger partial charge in [-0.15, -0.1) is 10.2 Å². The molecule has 7 nitrogen and oxygen atoms in total. The summed E-state index contributed by atoms with van der Waals surface area (Å²) >= 11 is 1.28. The van der Waals surface area contributed by atoms with Crippen molar-refractivity contribution >= 4 is 28.3 Å². The Kier molecular flexibility index (Phi) is 8.38. The van der Waals surface area contributed by atoms with E-state index in [2.05, 4.69) is 27.8 Å². The van der Waals surface area contributed by atoms with E-state index in [1.165, 1.54) is 11.3 Å². The maximum absolute atomic E-state index is 12.4. The van der Waals surface area contributed by atoms with Gasteiger partial charge in [0, 0.05) is 11.5 Å². The minimum Gasteiger partial charge on any atom is -0.497 e. The first-order chi connectivity index (χ1) is 13.5. The van der Waals surface area contributed by atoms with E-state index in [0.717, 1.165) is 37.0 Å². The Morgan fingerprint density at radius 1 is 1.14 bits per heavy atom. The Labute approximate surface area is 169 Å². The summed E-state index contributed by atoms with van der Waals surface area (Å²) in [6.45, 7) is 5.76. The summed E-state index contributed by atoms with van der Waals surface area (Å²) in [4.78, 5) is 24.8. The molecule has 0 aliphatic carbocycles. The predicted molar refractivity (Wildman–Crippen MR) is 111 cm³/mol. The maximum Gasteiger partial charge on any atom is 0.248 e. The molecular formula is C20H28N4O3S. The van der Waals surface area contributed by atoms with Crippen LogP contribution >= 0.6 is 11.3 Å². The number of anilines is 1. The third-order valence-corrected chi connectivity index (χ3v) is 5.40. The molecule has 2 N–H and O–H groups in total. The standard InChI is InChI=1S/C20H28N4O3S/c1-5-7-8-14(6-2)18(26)21-13(3)17(25)22-20-24-23-19(28-20)15-9-11-16(27-4)12-10-15/h9-14H,5-8H2,1-4H3,(H,21,26)(H,22,24,25)/t13-,14-/m0/s1. The zero-order chi connectivity index (χ0) is 20.5. The topological polar surface area (TPSA) is 93.2 Å². The summed E-state index contributed by atoms with van der Waals surface area (Å²) in [6.07, 6.45) is 3.66. The number of amides is 2. The number of ether oxygens (including phenoxy) is 1. The zero-order valence-corrected chi connectivity index (χ0v) is 17.6. The summed E-state index contributed by atoms with van der Waals surface area (Å²) in [6, 6.07) is 6.81. The molecule has 0 bridgehead atoms. The molecule has 0 unspecified atom stereocenters. The number of methoxy groups -OCH3 is 1. The second-order valence-electron chi connectivity index (χ2n) is 6.61. The van der Waals surface area contributed by atoms with Crippen molar-refractivity contribution < 1.29 is 14.3 Å². The number of carbonyl (C=O) groups is 2. The number of aromatic nitrogens is 2. The van der Waals surface area contributed by atoms with Crippen molar-refractivity contribution in [2.75, 3.05) is 12.4 Å². The average molecular weight is 405 g/mol. The van der Waals surface area contributed by atoms with Crippen LogP contribution in [0.4, 0.5) is 5.13 Å². The zero-order valence-electron chi connectivity index (χ0n) is 16.8. The number of nitrogens with one attached hydrogen (secondary N) is 2. The molecule has 2 aromatic rings. The van der Waals surface area contributed by atoms with E-state index in [-0.39, 0.29) is 17.7 Å². The summed E-state index contributed by atoms with van der Waals surface area (Å²) < 4.78 is 5.14. The Morgan fingerprint density at radius 3 is 2.46 bits per heavy atom. The Hall–Kier alpha value is -2.48. The van der Waals surface area contributed by atoms with E-state index in [4.69, 9.17) is 4.74 Å². The van der Waals surface area contributed by atoms with E-state index in [0.29, 0.717) is 10.1 Å². The fraction of sp³-hybridized carbons (Fsp3) is 0.500. The highest BCUT2D eigenvalue weighted by atomic mass is 32.1. The minimum absolute atomic E-state index is 0.0570. The number of benzene rings is 1. The predicted octanol–water partition coefficient (Wildman–Crippen LogP) is 3.87. The number of hydrogen-bond acceptors (Lipinski definition) is 6. The van der Waals surface area contributed by atoms with Crippen molar-refractivity contribution in [2.45, 2.75) is 52.5 Å². The summed E-state index contributed by atoms with van der Waals surface area (Å²) in [7, 11) is 1.61. The van der Waals surface area contributed by atoms with Crippen LogP contribution in [0.1, 0.15) is 46.5 Å². The van der Waals surface area contributed by atoms with Gasteiger partial charge in [0.15, 0.2) is 0 Å². The molecule has 28 heavy (non-hydrogen) atoms. The number of hydrogen-bond donors (Lipinski definition) is 2. The van der Waals surface area contributed by atoms with Crippen LogP contribution in [0, 0.1) is 5.92 Å². The molecule has 0 radical (unpaired) electrons. The minimum atomic E-state index is -0.642. The van der Waals surface area contributed by atoms with Crippen LogP contribution < -0.4 is 15.4 Å². The van der Waals surface area contributed by atoms with Crippen molar-refractivity contribution in [1.29, 1.82) is 0 Å². The van der Waals surface area contributed by atoms with Crippen LogP contribution in [0.15, 0.2) is 24.3 Å². The molecule has 2 rings (SSSR count). The highest BCUT2D eigenvalue weighted by Crippen LogP contribution is 2.27. The fourth-order valence-corrected chi connectivity index (χ4v) is 3.46. The van der Waals surface area contributed by atoms with Gasteiger partial charge in [-0.25, -0.2) is 0 Å². The lowest BCUT2D eigenvalue weighted by Crippen LogP contribution is -2.44. The van der Waals surface area contributed by atoms with Gasteiger partial charge < -0.3 is 10.1 Å². The van der Waals surface area contributed by atoms with Crippen molar-refractivity contribution in [2.24, 2.45) is 5.92 Å². The highest BCUT2D eigenvalue weighted by Gasteiger charge is 2.22. The van der Waals surface area contributed by atoms with Gasteiger partial charge in [-0.3, -0.25) is 14.9 Å². The van der Waals surface area contributed by atoms with Gasteiger partial charge in [0.1, 0.15) is 16.8 Å². The van der Waals surface area contributed by atoms with E-state index >= 15 is 0 Å². The number of rotatable bonds is 10. The van der Waals surface area contributed by atoms with Crippen LogP contribution in [0.3, 0.4) is 0 Å². The lowest BCUT2D eigenvalue weighted by molar-refractivity contribution is -0.129. The molecule has 0 saturated carbocycles. The Morgan fingerprint density at radius 2 is 1.86 bits per heavy atom. The van der Waals surface area contributed by atoms with E-state index in [9.17, 15) is 9.59 Å². The lowest BCUT2D eigenvalue weighted by Gasteiger charge is -2.18. The van der Waals surface area contributed by atoms with Gasteiger partial charge in [0.05, 0.1) is 7.11 Å². The molecule has 2 atom stereocenters. The first-order valence-corrected chi connectivity index (χ1v) is 10.4. The second kappa shape index (κ2) is 10.8. The first-order valence-electron chi connectivity index (χ1n) is 9.57. The molecule has 1 aromatic heterocycles. The molecular weight excluding hydrogens is 376 g/mol. The largest absolute Gasteiger partial charge is 0.497 e. The SMILES string of the molecule is CCCC[C@H](CC)C(=O)N[C@@H](C)C(=O)Nc1nnc(-c2ccc(OC)cc2)s1. The second-order valence-corrected chi connectivity index (χ2v) is 7.59. The Bertz CT molecular complexity index is 776. The lowest BCUT2D eigenvalue weighted by atomic mass is 9.98. The quantitative estimate of drug-likeness (QED) is 0.627. The van der Waals surface area contributed by atoms with Crippen LogP contribution in [0.25, 0.3) is 10.6 Å². The Balaban J connectivity index is 1.93. The van der Waals surface area contributed by atoms with Gasteiger partial charge in [-0.2, -0.15) is 0 Å². The molecule has 2 amide bonds. The summed E-state index contributed by atoms with van der Waals surface area (Å²) in [5.41, 5.74) is 0.891. The smallest absolute Gasteiger partial charge is 0.248 e.